The summed E-state index contributed by atoms with van der Waals surface area (Å²) in [7, 11) is 4.09. The van der Waals surface area contributed by atoms with Gasteiger partial charge in [-0.3, -0.25) is 9.89 Å². The number of aliphatic imine (C=N–C) groups is 1. The fourth-order valence-corrected chi connectivity index (χ4v) is 4.28. The summed E-state index contributed by atoms with van der Waals surface area (Å²) in [5.74, 6) is 1.68. The van der Waals surface area contributed by atoms with Gasteiger partial charge in [0, 0.05) is 50.8 Å². The van der Waals surface area contributed by atoms with Crippen LogP contribution in [0.4, 0.5) is 0 Å². The summed E-state index contributed by atoms with van der Waals surface area (Å²) in [6, 6.07) is 8.71. The molecule has 2 fully saturated rings. The van der Waals surface area contributed by atoms with Gasteiger partial charge in [-0.05, 0) is 62.9 Å². The Morgan fingerprint density at radius 2 is 1.89 bits per heavy atom. The third-order valence-corrected chi connectivity index (χ3v) is 6.00. The van der Waals surface area contributed by atoms with E-state index in [4.69, 9.17) is 11.6 Å². The normalized spacial score (nSPS) is 23.4. The Hall–Kier alpha value is -1.30. The van der Waals surface area contributed by atoms with Crippen LogP contribution in [0.3, 0.4) is 0 Å². The largest absolute Gasteiger partial charge is 0.356 e. The zero-order valence-electron chi connectivity index (χ0n) is 16.8. The maximum atomic E-state index is 5.98. The zero-order chi connectivity index (χ0) is 19.1. The van der Waals surface area contributed by atoms with Crippen molar-refractivity contribution in [3.63, 3.8) is 0 Å². The number of halogens is 1. The maximum Gasteiger partial charge on any atom is 0.191 e. The molecular weight excluding hydrogens is 358 g/mol. The van der Waals surface area contributed by atoms with Gasteiger partial charge in [0.05, 0.1) is 0 Å². The standard InChI is InChI=1S/C21H34ClN5/c1-23-21(24-14-18-4-3-11-26(2)15-18)25-20-9-12-27(13-10-20)16-17-5-7-19(22)8-6-17/h5-8,18,20H,3-4,9-16H2,1-2H3,(H2,23,24,25). The summed E-state index contributed by atoms with van der Waals surface area (Å²) in [4.78, 5) is 9.39. The first-order chi connectivity index (χ1) is 13.1. The van der Waals surface area contributed by atoms with Crippen molar-refractivity contribution in [3.8, 4) is 0 Å². The Morgan fingerprint density at radius 1 is 1.15 bits per heavy atom. The molecule has 5 nitrogen and oxygen atoms in total. The lowest BCUT2D eigenvalue weighted by molar-refractivity contribution is 0.197. The Balaban J connectivity index is 1.37. The molecule has 0 spiro atoms. The van der Waals surface area contributed by atoms with E-state index in [9.17, 15) is 0 Å². The minimum absolute atomic E-state index is 0.506. The summed E-state index contributed by atoms with van der Waals surface area (Å²) in [6.07, 6.45) is 4.93. The van der Waals surface area contributed by atoms with Crippen molar-refractivity contribution < 1.29 is 0 Å². The van der Waals surface area contributed by atoms with Gasteiger partial charge in [0.15, 0.2) is 5.96 Å². The van der Waals surface area contributed by atoms with Crippen LogP contribution in [0.15, 0.2) is 29.3 Å². The van der Waals surface area contributed by atoms with Gasteiger partial charge in [0.1, 0.15) is 0 Å². The van der Waals surface area contributed by atoms with Crippen molar-refractivity contribution in [1.29, 1.82) is 0 Å². The number of nitrogens with one attached hydrogen (secondary N) is 2. The summed E-state index contributed by atoms with van der Waals surface area (Å²) in [5, 5.41) is 7.98. The minimum atomic E-state index is 0.506. The lowest BCUT2D eigenvalue weighted by atomic mass is 9.98. The van der Waals surface area contributed by atoms with E-state index in [0.29, 0.717) is 6.04 Å². The van der Waals surface area contributed by atoms with Gasteiger partial charge >= 0.3 is 0 Å². The van der Waals surface area contributed by atoms with Crippen molar-refractivity contribution in [3.05, 3.63) is 34.9 Å². The van der Waals surface area contributed by atoms with Crippen molar-refractivity contribution in [1.82, 2.24) is 20.4 Å². The third-order valence-electron chi connectivity index (χ3n) is 5.75. The molecule has 2 saturated heterocycles. The lowest BCUT2D eigenvalue weighted by Gasteiger charge is -2.34. The molecule has 1 atom stereocenters. The Bertz CT molecular complexity index is 595. The first-order valence-electron chi connectivity index (χ1n) is 10.2. The van der Waals surface area contributed by atoms with Crippen LogP contribution in [-0.2, 0) is 6.54 Å². The van der Waals surface area contributed by atoms with Crippen LogP contribution in [0.25, 0.3) is 0 Å². The Kier molecular flexibility index (Phi) is 7.80. The van der Waals surface area contributed by atoms with E-state index < -0.39 is 0 Å². The Labute approximate surface area is 169 Å². The highest BCUT2D eigenvalue weighted by Gasteiger charge is 2.21. The number of hydrogen-bond acceptors (Lipinski definition) is 3. The smallest absolute Gasteiger partial charge is 0.191 e. The average Bonchev–Trinajstić information content (AvgIpc) is 2.68. The van der Waals surface area contributed by atoms with Gasteiger partial charge in [-0.25, -0.2) is 0 Å². The van der Waals surface area contributed by atoms with Gasteiger partial charge in [0.2, 0.25) is 0 Å². The lowest BCUT2D eigenvalue weighted by Crippen LogP contribution is -2.50. The second-order valence-electron chi connectivity index (χ2n) is 8.04. The van der Waals surface area contributed by atoms with Crippen molar-refractivity contribution in [2.24, 2.45) is 10.9 Å². The third kappa shape index (κ3) is 6.66. The molecular formula is C21H34ClN5. The van der Waals surface area contributed by atoms with E-state index in [0.717, 1.165) is 55.9 Å². The van der Waals surface area contributed by atoms with E-state index in [2.05, 4.69) is 44.6 Å². The molecule has 2 heterocycles. The van der Waals surface area contributed by atoms with Crippen molar-refractivity contribution in [2.75, 3.05) is 46.8 Å². The van der Waals surface area contributed by atoms with Crippen LogP contribution in [-0.4, -0.2) is 68.6 Å². The van der Waals surface area contributed by atoms with E-state index >= 15 is 0 Å². The van der Waals surface area contributed by atoms with E-state index in [1.165, 1.54) is 31.5 Å². The molecule has 0 amide bonds. The molecule has 6 heteroatoms. The van der Waals surface area contributed by atoms with Crippen LogP contribution in [0, 0.1) is 5.92 Å². The zero-order valence-corrected chi connectivity index (χ0v) is 17.5. The second kappa shape index (κ2) is 10.3. The molecule has 150 valence electrons. The summed E-state index contributed by atoms with van der Waals surface area (Å²) < 4.78 is 0. The first-order valence-corrected chi connectivity index (χ1v) is 10.6. The van der Waals surface area contributed by atoms with Crippen LogP contribution >= 0.6 is 11.6 Å². The van der Waals surface area contributed by atoms with Gasteiger partial charge in [0.25, 0.3) is 0 Å². The van der Waals surface area contributed by atoms with Gasteiger partial charge in [-0.2, -0.15) is 0 Å². The summed E-state index contributed by atoms with van der Waals surface area (Å²) in [5.41, 5.74) is 1.33. The quantitative estimate of drug-likeness (QED) is 0.598. The first kappa shape index (κ1) is 20.4. The van der Waals surface area contributed by atoms with Crippen molar-refractivity contribution >= 4 is 17.6 Å². The maximum absolute atomic E-state index is 5.98. The number of piperidine rings is 2. The highest BCUT2D eigenvalue weighted by Crippen LogP contribution is 2.16. The summed E-state index contributed by atoms with van der Waals surface area (Å²) >= 11 is 5.98. The number of rotatable bonds is 5. The predicted molar refractivity (Wildman–Crippen MR) is 114 cm³/mol. The monoisotopic (exact) mass is 391 g/mol. The highest BCUT2D eigenvalue weighted by molar-refractivity contribution is 6.30. The molecule has 0 radical (unpaired) electrons. The molecule has 27 heavy (non-hydrogen) atoms. The van der Waals surface area contributed by atoms with Crippen LogP contribution < -0.4 is 10.6 Å². The van der Waals surface area contributed by atoms with Crippen LogP contribution in [0.5, 0.6) is 0 Å². The van der Waals surface area contributed by atoms with E-state index in [1.54, 1.807) is 0 Å². The second-order valence-corrected chi connectivity index (χ2v) is 8.48. The SMILES string of the molecule is CN=C(NCC1CCCN(C)C1)NC1CCN(Cc2ccc(Cl)cc2)CC1. The molecule has 0 aromatic heterocycles. The number of nitrogens with zero attached hydrogens (tertiary/aromatic N) is 3. The average molecular weight is 392 g/mol. The number of hydrogen-bond donors (Lipinski definition) is 2. The fraction of sp³-hybridized carbons (Fsp3) is 0.667. The van der Waals surface area contributed by atoms with Gasteiger partial charge < -0.3 is 15.5 Å². The molecule has 0 aliphatic carbocycles. The molecule has 3 rings (SSSR count). The van der Waals surface area contributed by atoms with Crippen molar-refractivity contribution in [2.45, 2.75) is 38.3 Å². The number of likely N-dealkylation sites (tertiary alicyclic amines) is 2. The van der Waals surface area contributed by atoms with Gasteiger partial charge in [-0.1, -0.05) is 23.7 Å². The fourth-order valence-electron chi connectivity index (χ4n) is 4.15. The van der Waals surface area contributed by atoms with E-state index in [1.807, 2.05) is 19.2 Å². The summed E-state index contributed by atoms with van der Waals surface area (Å²) in [6.45, 7) is 6.67. The number of guanidine groups is 1. The van der Waals surface area contributed by atoms with E-state index in [-0.39, 0.29) is 0 Å². The number of benzene rings is 1. The Morgan fingerprint density at radius 3 is 2.56 bits per heavy atom. The molecule has 2 aliphatic heterocycles. The molecule has 1 aromatic carbocycles. The molecule has 1 aromatic rings. The molecule has 2 N–H and O–H groups in total. The molecule has 0 saturated carbocycles. The minimum Gasteiger partial charge on any atom is -0.356 e. The van der Waals surface area contributed by atoms with Crippen LogP contribution in [0.1, 0.15) is 31.2 Å². The highest BCUT2D eigenvalue weighted by atomic mass is 35.5. The molecule has 0 bridgehead atoms. The predicted octanol–water partition coefficient (Wildman–Crippen LogP) is 2.81. The molecule has 1 unspecified atom stereocenters. The molecule has 2 aliphatic rings. The van der Waals surface area contributed by atoms with Gasteiger partial charge in [-0.15, -0.1) is 0 Å². The topological polar surface area (TPSA) is 42.9 Å². The van der Waals surface area contributed by atoms with Crippen LogP contribution in [0.2, 0.25) is 5.02 Å².